The maximum atomic E-state index is 13.9. The van der Waals surface area contributed by atoms with Crippen molar-refractivity contribution in [3.8, 4) is 34.1 Å². The van der Waals surface area contributed by atoms with Gasteiger partial charge in [0.05, 0.1) is 25.5 Å². The second kappa shape index (κ2) is 8.03. The molecule has 3 aromatic carbocycles. The Labute approximate surface area is 214 Å². The molecule has 37 heavy (non-hydrogen) atoms. The minimum atomic E-state index is -0.632. The highest BCUT2D eigenvalue weighted by Crippen LogP contribution is 2.50. The molecule has 0 saturated carbocycles. The number of carbonyl (C=O) groups is 1. The molecule has 1 atom stereocenters. The van der Waals surface area contributed by atoms with Gasteiger partial charge < -0.3 is 9.47 Å². The zero-order valence-electron chi connectivity index (χ0n) is 21.3. The molecule has 0 N–H and O–H groups in total. The van der Waals surface area contributed by atoms with E-state index in [9.17, 15) is 9.59 Å². The second-order valence-corrected chi connectivity index (χ2v) is 10.2. The zero-order chi connectivity index (χ0) is 26.1. The number of nitrogens with zero attached hydrogens (tertiary/aromatic N) is 4. The van der Waals surface area contributed by atoms with Gasteiger partial charge in [0.25, 0.3) is 11.5 Å². The first-order valence-corrected chi connectivity index (χ1v) is 12.0. The maximum absolute atomic E-state index is 13.9. The smallest absolute Gasteiger partial charge is 0.300 e. The number of methoxy groups -OCH3 is 2. The molecule has 6 rings (SSSR count). The van der Waals surface area contributed by atoms with Crippen molar-refractivity contribution in [2.45, 2.75) is 32.4 Å². The number of ether oxygens (including phenoxy) is 2. The van der Waals surface area contributed by atoms with E-state index in [-0.39, 0.29) is 17.0 Å². The van der Waals surface area contributed by atoms with Crippen LogP contribution in [0.15, 0.2) is 65.5 Å². The molecular formula is C29H26N4O4. The van der Waals surface area contributed by atoms with E-state index in [0.29, 0.717) is 45.3 Å². The molecule has 0 saturated heterocycles. The lowest BCUT2D eigenvalue weighted by molar-refractivity contribution is 0.0983. The molecule has 4 aromatic rings. The van der Waals surface area contributed by atoms with Crippen molar-refractivity contribution in [2.24, 2.45) is 0 Å². The summed E-state index contributed by atoms with van der Waals surface area (Å²) in [6.07, 6.45) is -0.632. The predicted molar refractivity (Wildman–Crippen MR) is 140 cm³/mol. The van der Waals surface area contributed by atoms with Gasteiger partial charge in [0, 0.05) is 16.7 Å². The van der Waals surface area contributed by atoms with Crippen molar-refractivity contribution in [1.29, 1.82) is 0 Å². The standard InChI is InChI=1S/C29H26N4O4/c1-29(2,3)17-12-10-16(11-13-17)23-26(34)30-25-18-8-6-7-9-20(18)32-27(33(25)31-23)19-14-15-21(36-4)24(37-5)22(19)28(32)35/h6-15,27H,1-5H3. The van der Waals surface area contributed by atoms with Gasteiger partial charge in [-0.05, 0) is 29.2 Å². The number of benzene rings is 3. The summed E-state index contributed by atoms with van der Waals surface area (Å²) in [6.45, 7) is 6.41. The van der Waals surface area contributed by atoms with Crippen LogP contribution in [0, 0.1) is 0 Å². The molecule has 0 spiro atoms. The zero-order valence-corrected chi connectivity index (χ0v) is 21.3. The average molecular weight is 495 g/mol. The molecule has 1 amide bonds. The normalized spacial score (nSPS) is 15.5. The lowest BCUT2D eigenvalue weighted by Crippen LogP contribution is -2.39. The Morgan fingerprint density at radius 1 is 0.892 bits per heavy atom. The molecule has 0 bridgehead atoms. The number of amides is 1. The van der Waals surface area contributed by atoms with Crippen molar-refractivity contribution < 1.29 is 14.3 Å². The summed E-state index contributed by atoms with van der Waals surface area (Å²) in [7, 11) is 3.05. The third-order valence-corrected chi connectivity index (χ3v) is 7.03. The summed E-state index contributed by atoms with van der Waals surface area (Å²) in [5.74, 6) is 1.01. The number of aromatic nitrogens is 3. The largest absolute Gasteiger partial charge is 0.493 e. The van der Waals surface area contributed by atoms with Crippen LogP contribution in [0.1, 0.15) is 48.4 Å². The number of para-hydroxylation sites is 1. The summed E-state index contributed by atoms with van der Waals surface area (Å²) in [5.41, 5.74) is 4.03. The van der Waals surface area contributed by atoms with Crippen molar-refractivity contribution >= 4 is 11.6 Å². The fourth-order valence-corrected chi connectivity index (χ4v) is 5.17. The molecule has 8 heteroatoms. The van der Waals surface area contributed by atoms with Crippen LogP contribution in [0.2, 0.25) is 0 Å². The summed E-state index contributed by atoms with van der Waals surface area (Å²) in [4.78, 5) is 33.3. The molecule has 186 valence electrons. The highest BCUT2D eigenvalue weighted by molar-refractivity contribution is 6.15. The van der Waals surface area contributed by atoms with Gasteiger partial charge in [-0.15, -0.1) is 0 Å². The number of hydrogen-bond donors (Lipinski definition) is 0. The Bertz CT molecular complexity index is 1630. The van der Waals surface area contributed by atoms with Crippen LogP contribution in [0.25, 0.3) is 22.6 Å². The van der Waals surface area contributed by atoms with Crippen molar-refractivity contribution in [3.05, 3.63) is 87.7 Å². The second-order valence-electron chi connectivity index (χ2n) is 10.2. The summed E-state index contributed by atoms with van der Waals surface area (Å²) in [5, 5.41) is 4.82. The Morgan fingerprint density at radius 2 is 1.62 bits per heavy atom. The topological polar surface area (TPSA) is 86.6 Å². The van der Waals surface area contributed by atoms with Crippen LogP contribution in [0.3, 0.4) is 0 Å². The molecule has 2 aliphatic heterocycles. The molecule has 2 aliphatic rings. The van der Waals surface area contributed by atoms with Gasteiger partial charge >= 0.3 is 0 Å². The van der Waals surface area contributed by atoms with Gasteiger partial charge in [-0.2, -0.15) is 10.1 Å². The monoisotopic (exact) mass is 494 g/mol. The predicted octanol–water partition coefficient (Wildman–Crippen LogP) is 4.81. The molecule has 0 aliphatic carbocycles. The van der Waals surface area contributed by atoms with Gasteiger partial charge in [-0.3, -0.25) is 14.5 Å². The van der Waals surface area contributed by atoms with E-state index in [2.05, 4.69) is 25.8 Å². The SMILES string of the molecule is COc1ccc2c(c1OC)C(=O)N1c3ccccc3-c3nc(=O)c(-c4ccc(C(C)(C)C)cc4)nn3C21. The van der Waals surface area contributed by atoms with E-state index in [0.717, 1.165) is 5.56 Å². The van der Waals surface area contributed by atoms with Gasteiger partial charge in [0.15, 0.2) is 29.2 Å². The molecular weight excluding hydrogens is 468 g/mol. The Kier molecular flexibility index (Phi) is 4.98. The van der Waals surface area contributed by atoms with Crippen molar-refractivity contribution in [2.75, 3.05) is 19.1 Å². The van der Waals surface area contributed by atoms with E-state index < -0.39 is 11.7 Å². The molecule has 3 heterocycles. The molecule has 0 fully saturated rings. The van der Waals surface area contributed by atoms with Gasteiger partial charge in [0.2, 0.25) is 0 Å². The van der Waals surface area contributed by atoms with Gasteiger partial charge in [-0.1, -0.05) is 63.2 Å². The minimum absolute atomic E-state index is 0.0205. The van der Waals surface area contributed by atoms with E-state index >= 15 is 0 Å². The maximum Gasteiger partial charge on any atom is 0.300 e. The summed E-state index contributed by atoms with van der Waals surface area (Å²) < 4.78 is 12.7. The quantitative estimate of drug-likeness (QED) is 0.406. The van der Waals surface area contributed by atoms with Crippen LogP contribution in [0.5, 0.6) is 11.5 Å². The number of rotatable bonds is 3. The third kappa shape index (κ3) is 3.28. The van der Waals surface area contributed by atoms with Crippen LogP contribution in [-0.4, -0.2) is 34.9 Å². The van der Waals surface area contributed by atoms with E-state index in [1.54, 1.807) is 15.6 Å². The molecule has 8 nitrogen and oxygen atoms in total. The minimum Gasteiger partial charge on any atom is -0.493 e. The number of fused-ring (bicyclic) bond motifs is 8. The molecule has 1 aromatic heterocycles. The first kappa shape index (κ1) is 23.0. The van der Waals surface area contributed by atoms with Crippen LogP contribution >= 0.6 is 0 Å². The highest BCUT2D eigenvalue weighted by Gasteiger charge is 2.47. The first-order chi connectivity index (χ1) is 17.7. The highest BCUT2D eigenvalue weighted by atomic mass is 16.5. The molecule has 1 unspecified atom stereocenters. The van der Waals surface area contributed by atoms with E-state index in [1.165, 1.54) is 14.2 Å². The van der Waals surface area contributed by atoms with Crippen LogP contribution < -0.4 is 19.9 Å². The lowest BCUT2D eigenvalue weighted by Gasteiger charge is -2.34. The first-order valence-electron chi connectivity index (χ1n) is 12.0. The molecule has 0 radical (unpaired) electrons. The fourth-order valence-electron chi connectivity index (χ4n) is 5.17. The Hall–Kier alpha value is -4.46. The lowest BCUT2D eigenvalue weighted by atomic mass is 9.86. The number of carbonyl (C=O) groups excluding carboxylic acids is 1. The average Bonchev–Trinajstić information content (AvgIpc) is 3.20. The van der Waals surface area contributed by atoms with Crippen LogP contribution in [-0.2, 0) is 5.41 Å². The Morgan fingerprint density at radius 3 is 2.30 bits per heavy atom. The fraction of sp³-hybridized carbons (Fsp3) is 0.241. The number of anilines is 1. The third-order valence-electron chi connectivity index (χ3n) is 7.03. The van der Waals surface area contributed by atoms with E-state index in [4.69, 9.17) is 14.6 Å². The summed E-state index contributed by atoms with van der Waals surface area (Å²) >= 11 is 0. The van der Waals surface area contributed by atoms with Gasteiger partial charge in [-0.25, -0.2) is 4.68 Å². The number of hydrogen-bond acceptors (Lipinski definition) is 6. The summed E-state index contributed by atoms with van der Waals surface area (Å²) in [6, 6.07) is 18.8. The van der Waals surface area contributed by atoms with Crippen molar-refractivity contribution in [1.82, 2.24) is 14.8 Å². The van der Waals surface area contributed by atoms with Crippen molar-refractivity contribution in [3.63, 3.8) is 0 Å². The van der Waals surface area contributed by atoms with Gasteiger partial charge in [0.1, 0.15) is 0 Å². The Balaban J connectivity index is 1.61. The van der Waals surface area contributed by atoms with E-state index in [1.807, 2.05) is 54.6 Å². The van der Waals surface area contributed by atoms with Crippen LogP contribution in [0.4, 0.5) is 5.69 Å².